The summed E-state index contributed by atoms with van der Waals surface area (Å²) >= 11 is 7.34. The number of nitrogens with zero attached hydrogens (tertiary/aromatic N) is 2. The SMILES string of the molecule is CCc1cn(CCCCc2nc(CCl)cs2)c(=O)[nH]c1=O. The fraction of sp³-hybridized carbons (Fsp3) is 0.500. The van der Waals surface area contributed by atoms with E-state index in [0.717, 1.165) is 30.0 Å². The maximum Gasteiger partial charge on any atom is 0.328 e. The van der Waals surface area contributed by atoms with E-state index in [1.54, 1.807) is 22.1 Å². The van der Waals surface area contributed by atoms with E-state index in [4.69, 9.17) is 11.6 Å². The number of thiazole rings is 1. The number of unbranched alkanes of at least 4 members (excludes halogenated alkanes) is 1. The highest BCUT2D eigenvalue weighted by molar-refractivity contribution is 7.09. The van der Waals surface area contributed by atoms with Gasteiger partial charge in [-0.3, -0.25) is 9.78 Å². The molecule has 7 heteroatoms. The van der Waals surface area contributed by atoms with E-state index in [-0.39, 0.29) is 11.2 Å². The lowest BCUT2D eigenvalue weighted by Gasteiger charge is -2.06. The van der Waals surface area contributed by atoms with Crippen molar-refractivity contribution in [2.75, 3.05) is 0 Å². The maximum atomic E-state index is 11.7. The number of hydrogen-bond acceptors (Lipinski definition) is 4. The second-order valence-corrected chi connectivity index (χ2v) is 5.99. The Bertz CT molecular complexity index is 705. The summed E-state index contributed by atoms with van der Waals surface area (Å²) in [6.07, 6.45) is 4.99. The average Bonchev–Trinajstić information content (AvgIpc) is 2.93. The van der Waals surface area contributed by atoms with Gasteiger partial charge in [0.1, 0.15) is 0 Å². The smallest absolute Gasteiger partial charge is 0.300 e. The fourth-order valence-corrected chi connectivity index (χ4v) is 3.12. The van der Waals surface area contributed by atoms with Crippen LogP contribution in [0.15, 0.2) is 21.2 Å². The summed E-state index contributed by atoms with van der Waals surface area (Å²) in [5.41, 5.74) is 0.938. The van der Waals surface area contributed by atoms with Gasteiger partial charge < -0.3 is 4.57 Å². The molecule has 0 aliphatic heterocycles. The third-order valence-electron chi connectivity index (χ3n) is 3.24. The minimum atomic E-state index is -0.337. The van der Waals surface area contributed by atoms with Crippen LogP contribution in [0.5, 0.6) is 0 Å². The molecule has 0 saturated carbocycles. The number of H-pyrrole nitrogens is 1. The lowest BCUT2D eigenvalue weighted by molar-refractivity contribution is 0.575. The summed E-state index contributed by atoms with van der Waals surface area (Å²) in [5.74, 6) is 0.447. The predicted molar refractivity (Wildman–Crippen MR) is 85.3 cm³/mol. The third-order valence-corrected chi connectivity index (χ3v) is 4.47. The lowest BCUT2D eigenvalue weighted by Crippen LogP contribution is -2.31. The van der Waals surface area contributed by atoms with Gasteiger partial charge in [0.05, 0.1) is 16.6 Å². The van der Waals surface area contributed by atoms with Gasteiger partial charge in [0.15, 0.2) is 0 Å². The Kier molecular flexibility index (Phi) is 5.76. The van der Waals surface area contributed by atoms with Gasteiger partial charge in [0.2, 0.25) is 0 Å². The second-order valence-electron chi connectivity index (χ2n) is 4.78. The monoisotopic (exact) mass is 327 g/mol. The lowest BCUT2D eigenvalue weighted by atomic mass is 10.2. The van der Waals surface area contributed by atoms with Gasteiger partial charge in [-0.1, -0.05) is 6.92 Å². The number of halogens is 1. The van der Waals surface area contributed by atoms with E-state index in [9.17, 15) is 9.59 Å². The van der Waals surface area contributed by atoms with Crippen molar-refractivity contribution in [2.24, 2.45) is 0 Å². The van der Waals surface area contributed by atoms with E-state index in [1.807, 2.05) is 12.3 Å². The normalized spacial score (nSPS) is 11.0. The van der Waals surface area contributed by atoms with Crippen LogP contribution in [0.2, 0.25) is 0 Å². The molecule has 1 N–H and O–H groups in total. The first-order chi connectivity index (χ1) is 10.1. The molecule has 2 aromatic heterocycles. The topological polar surface area (TPSA) is 67.8 Å². The summed E-state index contributed by atoms with van der Waals surface area (Å²) in [7, 11) is 0. The first kappa shape index (κ1) is 16.0. The van der Waals surface area contributed by atoms with Gasteiger partial charge >= 0.3 is 5.69 Å². The zero-order valence-corrected chi connectivity index (χ0v) is 13.5. The van der Waals surface area contributed by atoms with Crippen LogP contribution >= 0.6 is 22.9 Å². The number of nitrogens with one attached hydrogen (secondary N) is 1. The molecule has 2 rings (SSSR count). The molecular weight excluding hydrogens is 310 g/mol. The van der Waals surface area contributed by atoms with Gasteiger partial charge in [0, 0.05) is 23.7 Å². The maximum absolute atomic E-state index is 11.7. The van der Waals surface area contributed by atoms with Crippen molar-refractivity contribution in [1.82, 2.24) is 14.5 Å². The zero-order chi connectivity index (χ0) is 15.2. The number of aromatic nitrogens is 3. The number of aryl methyl sites for hydroxylation is 3. The van der Waals surface area contributed by atoms with Crippen molar-refractivity contribution in [2.45, 2.75) is 45.0 Å². The molecule has 0 radical (unpaired) electrons. The van der Waals surface area contributed by atoms with Crippen LogP contribution in [0, 0.1) is 0 Å². The Morgan fingerprint density at radius 3 is 2.86 bits per heavy atom. The molecular formula is C14H18ClN3O2S. The number of rotatable bonds is 7. The first-order valence-corrected chi connectivity index (χ1v) is 8.37. The van der Waals surface area contributed by atoms with E-state index in [2.05, 4.69) is 9.97 Å². The Balaban J connectivity index is 1.88. The summed E-state index contributed by atoms with van der Waals surface area (Å²) in [6.45, 7) is 2.51. The third kappa shape index (κ3) is 4.28. The quantitative estimate of drug-likeness (QED) is 0.627. The predicted octanol–water partition coefficient (Wildman–Crippen LogP) is 2.32. The van der Waals surface area contributed by atoms with Gasteiger partial charge in [-0.2, -0.15) is 0 Å². The van der Waals surface area contributed by atoms with E-state index in [0.29, 0.717) is 24.4 Å². The summed E-state index contributed by atoms with van der Waals surface area (Å²) < 4.78 is 1.58. The summed E-state index contributed by atoms with van der Waals surface area (Å²) in [6, 6.07) is 0. The van der Waals surface area contributed by atoms with Crippen LogP contribution < -0.4 is 11.2 Å². The van der Waals surface area contributed by atoms with Gasteiger partial charge in [-0.25, -0.2) is 9.78 Å². The number of alkyl halides is 1. The highest BCUT2D eigenvalue weighted by Gasteiger charge is 2.04. The van der Waals surface area contributed by atoms with Crippen molar-refractivity contribution < 1.29 is 0 Å². The minimum absolute atomic E-state index is 0.282. The molecule has 2 heterocycles. The van der Waals surface area contributed by atoms with Gasteiger partial charge in [0.25, 0.3) is 5.56 Å². The number of aromatic amines is 1. The number of hydrogen-bond donors (Lipinski definition) is 1. The summed E-state index contributed by atoms with van der Waals surface area (Å²) in [4.78, 5) is 29.9. The van der Waals surface area contributed by atoms with Crippen LogP contribution in [0.25, 0.3) is 0 Å². The largest absolute Gasteiger partial charge is 0.328 e. The Hall–Kier alpha value is -1.40. The van der Waals surface area contributed by atoms with E-state index in [1.165, 1.54) is 0 Å². The van der Waals surface area contributed by atoms with Crippen molar-refractivity contribution >= 4 is 22.9 Å². The Morgan fingerprint density at radius 1 is 1.38 bits per heavy atom. The minimum Gasteiger partial charge on any atom is -0.300 e. The molecule has 0 amide bonds. The highest BCUT2D eigenvalue weighted by atomic mass is 35.5. The molecule has 0 atom stereocenters. The van der Waals surface area contributed by atoms with Crippen molar-refractivity contribution in [3.05, 3.63) is 48.7 Å². The molecule has 21 heavy (non-hydrogen) atoms. The van der Waals surface area contributed by atoms with Crippen LogP contribution in [-0.2, 0) is 25.3 Å². The zero-order valence-electron chi connectivity index (χ0n) is 11.9. The van der Waals surface area contributed by atoms with Gasteiger partial charge in [-0.05, 0) is 25.7 Å². The van der Waals surface area contributed by atoms with Crippen molar-refractivity contribution in [3.8, 4) is 0 Å². The molecule has 5 nitrogen and oxygen atoms in total. The molecule has 0 saturated heterocycles. The second kappa shape index (κ2) is 7.56. The van der Waals surface area contributed by atoms with Crippen LogP contribution in [0.3, 0.4) is 0 Å². The van der Waals surface area contributed by atoms with E-state index < -0.39 is 0 Å². The molecule has 0 spiro atoms. The molecule has 0 unspecified atom stereocenters. The Labute approximate surface area is 131 Å². The molecule has 0 aliphatic rings. The van der Waals surface area contributed by atoms with Gasteiger partial charge in [-0.15, -0.1) is 22.9 Å². The molecule has 2 aromatic rings. The summed E-state index contributed by atoms with van der Waals surface area (Å²) in [5, 5.41) is 3.05. The van der Waals surface area contributed by atoms with Crippen LogP contribution in [-0.4, -0.2) is 14.5 Å². The molecule has 114 valence electrons. The van der Waals surface area contributed by atoms with Crippen LogP contribution in [0.1, 0.15) is 36.0 Å². The molecule has 0 aliphatic carbocycles. The molecule has 0 fully saturated rings. The van der Waals surface area contributed by atoms with Crippen molar-refractivity contribution in [3.63, 3.8) is 0 Å². The first-order valence-electron chi connectivity index (χ1n) is 6.96. The van der Waals surface area contributed by atoms with E-state index >= 15 is 0 Å². The standard InChI is InChI=1S/C14H18ClN3O2S/c1-2-10-8-18(14(20)17-13(10)19)6-4-3-5-12-16-11(7-15)9-21-12/h8-9H,2-7H2,1H3,(H,17,19,20). The van der Waals surface area contributed by atoms with Crippen LogP contribution in [0.4, 0.5) is 0 Å². The van der Waals surface area contributed by atoms with Crippen molar-refractivity contribution in [1.29, 1.82) is 0 Å². The average molecular weight is 328 g/mol. The fourth-order valence-electron chi connectivity index (χ4n) is 2.06. The molecule has 0 aromatic carbocycles. The Morgan fingerprint density at radius 2 is 2.19 bits per heavy atom. The molecule has 0 bridgehead atoms. The highest BCUT2D eigenvalue weighted by Crippen LogP contribution is 2.14.